The number of carbonyl (C=O) groups is 1. The summed E-state index contributed by atoms with van der Waals surface area (Å²) in [6.07, 6.45) is 7.12. The van der Waals surface area contributed by atoms with Crippen LogP contribution in [0, 0.1) is 11.8 Å². The lowest BCUT2D eigenvalue weighted by Crippen LogP contribution is -2.42. The molecule has 0 bridgehead atoms. The maximum absolute atomic E-state index is 12.7. The van der Waals surface area contributed by atoms with Gasteiger partial charge < -0.3 is 14.5 Å². The average Bonchev–Trinajstić information content (AvgIpc) is 3.28. The van der Waals surface area contributed by atoms with E-state index in [0.717, 1.165) is 45.2 Å². The summed E-state index contributed by atoms with van der Waals surface area (Å²) >= 11 is 0. The van der Waals surface area contributed by atoms with Crippen molar-refractivity contribution in [2.24, 2.45) is 11.8 Å². The lowest BCUT2D eigenvalue weighted by atomic mass is 9.92. The van der Waals surface area contributed by atoms with Gasteiger partial charge in [-0.2, -0.15) is 0 Å². The fourth-order valence-electron chi connectivity index (χ4n) is 4.67. The van der Waals surface area contributed by atoms with Crippen LogP contribution in [0.3, 0.4) is 0 Å². The minimum atomic E-state index is -3.42. The first-order valence-electron chi connectivity index (χ1n) is 11.0. The van der Waals surface area contributed by atoms with Crippen molar-refractivity contribution in [2.45, 2.75) is 49.8 Å². The van der Waals surface area contributed by atoms with E-state index < -0.39 is 9.84 Å². The summed E-state index contributed by atoms with van der Waals surface area (Å²) in [7, 11) is -3.42. The maximum atomic E-state index is 12.7. The van der Waals surface area contributed by atoms with Crippen molar-refractivity contribution in [2.75, 3.05) is 50.5 Å². The Bertz CT molecular complexity index is 869. The van der Waals surface area contributed by atoms with Crippen LogP contribution in [0.25, 0.3) is 0 Å². The molecule has 1 aromatic heterocycles. The van der Waals surface area contributed by atoms with Gasteiger partial charge in [0, 0.05) is 45.0 Å². The van der Waals surface area contributed by atoms with E-state index in [1.807, 2.05) is 4.90 Å². The molecule has 3 fully saturated rings. The number of hydrogen-bond donors (Lipinski definition) is 0. The van der Waals surface area contributed by atoms with E-state index in [1.165, 1.54) is 12.5 Å². The van der Waals surface area contributed by atoms with Crippen LogP contribution >= 0.6 is 0 Å². The Morgan fingerprint density at radius 1 is 1.10 bits per heavy atom. The van der Waals surface area contributed by atoms with Gasteiger partial charge in [0.2, 0.25) is 11.9 Å². The van der Waals surface area contributed by atoms with Crippen LogP contribution < -0.4 is 4.90 Å². The summed E-state index contributed by atoms with van der Waals surface area (Å²) in [5.74, 6) is 1.48. The van der Waals surface area contributed by atoms with Gasteiger partial charge in [-0.15, -0.1) is 0 Å². The first kappa shape index (κ1) is 21.5. The highest BCUT2D eigenvalue weighted by Crippen LogP contribution is 2.33. The van der Waals surface area contributed by atoms with Gasteiger partial charge in [0.1, 0.15) is 4.90 Å². The van der Waals surface area contributed by atoms with Gasteiger partial charge in [0.05, 0.1) is 24.4 Å². The molecular weight excluding hydrogens is 404 g/mol. The largest absolute Gasteiger partial charge is 0.381 e. The van der Waals surface area contributed by atoms with E-state index in [9.17, 15) is 13.2 Å². The number of nitrogens with zero attached hydrogens (tertiary/aromatic N) is 4. The highest BCUT2D eigenvalue weighted by atomic mass is 32.2. The molecule has 1 amide bonds. The standard InChI is InChI=1S/C21H32N4O4S/c1-15-3-8-25(9-4-15)21-22-13-18(30(2,27)28)19(23-21)16-5-10-24(11-6-16)20(26)17-7-12-29-14-17/h13,15-17H,3-12,14H2,1-2H3. The summed E-state index contributed by atoms with van der Waals surface area (Å²) in [6, 6.07) is 0. The quantitative estimate of drug-likeness (QED) is 0.711. The van der Waals surface area contributed by atoms with Crippen LogP contribution in [0.1, 0.15) is 50.6 Å². The van der Waals surface area contributed by atoms with Crippen LogP contribution in [0.2, 0.25) is 0 Å². The van der Waals surface area contributed by atoms with Gasteiger partial charge in [-0.25, -0.2) is 18.4 Å². The molecule has 0 spiro atoms. The lowest BCUT2D eigenvalue weighted by molar-refractivity contribution is -0.136. The Morgan fingerprint density at radius 3 is 2.40 bits per heavy atom. The third kappa shape index (κ3) is 4.61. The number of ether oxygens (including phenoxy) is 1. The van der Waals surface area contributed by atoms with Crippen molar-refractivity contribution >= 4 is 21.7 Å². The van der Waals surface area contributed by atoms with Crippen molar-refractivity contribution in [3.63, 3.8) is 0 Å². The summed E-state index contributed by atoms with van der Waals surface area (Å²) in [6.45, 7) is 6.48. The number of aromatic nitrogens is 2. The Hall–Kier alpha value is -1.74. The zero-order chi connectivity index (χ0) is 21.3. The summed E-state index contributed by atoms with van der Waals surface area (Å²) in [5, 5.41) is 0. The number of rotatable bonds is 4. The predicted molar refractivity (Wildman–Crippen MR) is 113 cm³/mol. The number of anilines is 1. The zero-order valence-electron chi connectivity index (χ0n) is 17.9. The Morgan fingerprint density at radius 2 is 1.80 bits per heavy atom. The van der Waals surface area contributed by atoms with Gasteiger partial charge in [0.15, 0.2) is 9.84 Å². The van der Waals surface area contributed by atoms with Crippen molar-refractivity contribution in [1.82, 2.24) is 14.9 Å². The fourth-order valence-corrected chi connectivity index (χ4v) is 5.51. The SMILES string of the molecule is CC1CCN(c2ncc(S(C)(=O)=O)c(C3CCN(C(=O)C4CCOC4)CC3)n2)CC1. The number of sulfone groups is 1. The van der Waals surface area contributed by atoms with Crippen molar-refractivity contribution in [3.8, 4) is 0 Å². The molecule has 0 N–H and O–H groups in total. The molecule has 3 saturated heterocycles. The molecule has 4 heterocycles. The topological polar surface area (TPSA) is 92.7 Å². The van der Waals surface area contributed by atoms with E-state index in [0.29, 0.717) is 43.9 Å². The zero-order valence-corrected chi connectivity index (χ0v) is 18.7. The summed E-state index contributed by atoms with van der Waals surface area (Å²) in [4.78, 5) is 26.1. The highest BCUT2D eigenvalue weighted by Gasteiger charge is 2.33. The second-order valence-corrected chi connectivity index (χ2v) is 11.0. The van der Waals surface area contributed by atoms with Crippen molar-refractivity contribution in [3.05, 3.63) is 11.9 Å². The minimum absolute atomic E-state index is 0.0177. The monoisotopic (exact) mass is 436 g/mol. The Labute approximate surface area is 178 Å². The van der Waals surface area contributed by atoms with Gasteiger partial charge in [-0.1, -0.05) is 6.92 Å². The van der Waals surface area contributed by atoms with Crippen LogP contribution in [0.15, 0.2) is 11.1 Å². The minimum Gasteiger partial charge on any atom is -0.381 e. The summed E-state index contributed by atoms with van der Waals surface area (Å²) in [5.41, 5.74) is 0.623. The Balaban J connectivity index is 1.52. The number of piperidine rings is 2. The molecule has 30 heavy (non-hydrogen) atoms. The maximum Gasteiger partial charge on any atom is 0.228 e. The molecule has 4 rings (SSSR count). The molecule has 166 valence electrons. The van der Waals surface area contributed by atoms with Gasteiger partial charge in [-0.3, -0.25) is 4.79 Å². The van der Waals surface area contributed by atoms with Crippen molar-refractivity contribution in [1.29, 1.82) is 0 Å². The second-order valence-electron chi connectivity index (χ2n) is 9.02. The van der Waals surface area contributed by atoms with Gasteiger partial charge in [0.25, 0.3) is 0 Å². The fraction of sp³-hybridized carbons (Fsp3) is 0.762. The molecule has 1 aromatic rings. The molecule has 8 nitrogen and oxygen atoms in total. The van der Waals surface area contributed by atoms with Crippen LogP contribution in [0.4, 0.5) is 5.95 Å². The third-order valence-electron chi connectivity index (χ3n) is 6.71. The molecular formula is C21H32N4O4S. The Kier molecular flexibility index (Phi) is 6.29. The average molecular weight is 437 g/mol. The molecule has 1 atom stereocenters. The smallest absolute Gasteiger partial charge is 0.228 e. The lowest BCUT2D eigenvalue weighted by Gasteiger charge is -2.34. The van der Waals surface area contributed by atoms with Crippen LogP contribution in [0.5, 0.6) is 0 Å². The molecule has 0 aliphatic carbocycles. The normalized spacial score (nSPS) is 24.4. The number of carbonyl (C=O) groups excluding carboxylic acids is 1. The van der Waals surface area contributed by atoms with E-state index in [1.54, 1.807) is 0 Å². The van der Waals surface area contributed by atoms with Gasteiger partial charge >= 0.3 is 0 Å². The number of amides is 1. The second kappa shape index (κ2) is 8.78. The first-order chi connectivity index (χ1) is 14.3. The number of likely N-dealkylation sites (tertiary alicyclic amines) is 1. The molecule has 3 aliphatic heterocycles. The number of hydrogen-bond acceptors (Lipinski definition) is 7. The van der Waals surface area contributed by atoms with Crippen LogP contribution in [-0.2, 0) is 19.4 Å². The molecule has 3 aliphatic rings. The summed E-state index contributed by atoms with van der Waals surface area (Å²) < 4.78 is 30.2. The highest BCUT2D eigenvalue weighted by molar-refractivity contribution is 7.90. The van der Waals surface area contributed by atoms with Crippen LogP contribution in [-0.4, -0.2) is 74.8 Å². The van der Waals surface area contributed by atoms with Gasteiger partial charge in [-0.05, 0) is 38.0 Å². The molecule has 0 aromatic carbocycles. The molecule has 9 heteroatoms. The van der Waals surface area contributed by atoms with E-state index >= 15 is 0 Å². The molecule has 0 radical (unpaired) electrons. The molecule has 0 saturated carbocycles. The van der Waals surface area contributed by atoms with E-state index in [4.69, 9.17) is 9.72 Å². The van der Waals surface area contributed by atoms with Crippen molar-refractivity contribution < 1.29 is 17.9 Å². The third-order valence-corrected chi connectivity index (χ3v) is 7.82. The first-order valence-corrected chi connectivity index (χ1v) is 12.9. The molecule has 1 unspecified atom stereocenters. The predicted octanol–water partition coefficient (Wildman–Crippen LogP) is 1.86. The van der Waals surface area contributed by atoms with E-state index in [-0.39, 0.29) is 22.6 Å². The van der Waals surface area contributed by atoms with E-state index in [2.05, 4.69) is 16.8 Å².